The van der Waals surface area contributed by atoms with Crippen molar-refractivity contribution in [3.8, 4) is 0 Å². The lowest BCUT2D eigenvalue weighted by Gasteiger charge is -2.45. The number of ether oxygens (including phenoxy) is 5. The Balaban J connectivity index is 1.58. The quantitative estimate of drug-likeness (QED) is 0.152. The van der Waals surface area contributed by atoms with Crippen LogP contribution in [0.15, 0.2) is 60.8 Å². The summed E-state index contributed by atoms with van der Waals surface area (Å²) in [6.45, 7) is 3.64. The highest BCUT2D eigenvalue weighted by molar-refractivity contribution is 5.82. The fraction of sp³-hybridized carbons (Fsp3) is 0.667. The molecule has 0 amide bonds. The van der Waals surface area contributed by atoms with Crippen LogP contribution in [-0.4, -0.2) is 122 Å². The Morgan fingerprint density at radius 2 is 1.70 bits per heavy atom. The lowest BCUT2D eigenvalue weighted by Crippen LogP contribution is -2.61. The molecule has 2 bridgehead atoms. The monoisotopic (exact) mass is 707 g/mol. The fourth-order valence-electron chi connectivity index (χ4n) is 6.54. The number of rotatable bonds is 6. The summed E-state index contributed by atoms with van der Waals surface area (Å²) in [7, 11) is 0. The summed E-state index contributed by atoms with van der Waals surface area (Å²) in [5, 5.41) is 64.2. The Morgan fingerprint density at radius 1 is 0.980 bits per heavy atom. The zero-order valence-electron chi connectivity index (χ0n) is 28.6. The van der Waals surface area contributed by atoms with Crippen LogP contribution in [0.1, 0.15) is 65.2 Å². The van der Waals surface area contributed by atoms with Gasteiger partial charge in [-0.3, -0.25) is 4.79 Å². The van der Waals surface area contributed by atoms with Gasteiger partial charge in [0.15, 0.2) is 12.1 Å². The molecular formula is C36H53NO13. The summed E-state index contributed by atoms with van der Waals surface area (Å²) in [4.78, 5) is 24.8. The number of aliphatic hydroxyl groups is 5. The van der Waals surface area contributed by atoms with Gasteiger partial charge in [0, 0.05) is 38.2 Å². The highest BCUT2D eigenvalue weighted by atomic mass is 16.7. The number of carbonyl (C=O) groups excluding carboxylic acids is 1. The van der Waals surface area contributed by atoms with Crippen molar-refractivity contribution in [1.29, 1.82) is 0 Å². The number of esters is 1. The standard InChI is InChI=1S/C36H53NO13/c1-3-4-12-23-13-10-8-6-5-7-9-11-14-24(48-35-33(42)31(37)32(41)21(2)46-35)18-28-30(34(43)44)25(39)20-36(45,50-28)19-22(38)17-27-26(49-27)15-16-29(40)47-23/h5-11,14-16,21-28,30-33,35,38-39,41-42,45H,3-4,12-13,17-20,37H2,1-2H3,(H,43,44)/t21-,22-,23-,24+,25-,26-,27+,28-,30+,31+,32+,33+,35+,36+/m1/s1. The first kappa shape index (κ1) is 40.0. The van der Waals surface area contributed by atoms with Gasteiger partial charge in [-0.15, -0.1) is 0 Å². The van der Waals surface area contributed by atoms with E-state index in [1.807, 2.05) is 18.2 Å². The second-order valence-corrected chi connectivity index (χ2v) is 13.5. The smallest absolute Gasteiger partial charge is 0.330 e. The van der Waals surface area contributed by atoms with Crippen LogP contribution in [0.5, 0.6) is 0 Å². The highest BCUT2D eigenvalue weighted by Gasteiger charge is 2.51. The van der Waals surface area contributed by atoms with Crippen LogP contribution in [0.2, 0.25) is 0 Å². The van der Waals surface area contributed by atoms with Gasteiger partial charge < -0.3 is 60.1 Å². The number of unbranched alkanes of at least 4 members (excludes halogenated alkanes) is 1. The first-order valence-electron chi connectivity index (χ1n) is 17.4. The van der Waals surface area contributed by atoms with Crippen LogP contribution in [0.4, 0.5) is 0 Å². The number of nitrogens with two attached hydrogens (primary N) is 1. The maximum absolute atomic E-state index is 12.5. The van der Waals surface area contributed by atoms with E-state index in [0.717, 1.165) is 19.3 Å². The molecule has 280 valence electrons. The number of epoxide rings is 1. The molecule has 8 N–H and O–H groups in total. The maximum Gasteiger partial charge on any atom is 0.330 e. The summed E-state index contributed by atoms with van der Waals surface area (Å²) in [6.07, 6.45) is 8.24. The lowest BCUT2D eigenvalue weighted by molar-refractivity contribution is -0.308. The fourth-order valence-corrected chi connectivity index (χ4v) is 6.54. The number of cyclic esters (lactones) is 1. The third-order valence-corrected chi connectivity index (χ3v) is 9.35. The first-order valence-corrected chi connectivity index (χ1v) is 17.4. The van der Waals surface area contributed by atoms with Gasteiger partial charge in [0.05, 0.1) is 48.8 Å². The molecule has 14 heteroatoms. The molecule has 0 saturated carbocycles. The van der Waals surface area contributed by atoms with E-state index in [4.69, 9.17) is 29.4 Å². The number of carboxylic acids is 1. The second-order valence-electron chi connectivity index (χ2n) is 13.5. The summed E-state index contributed by atoms with van der Waals surface area (Å²) in [5.41, 5.74) is 6.00. The lowest BCUT2D eigenvalue weighted by atomic mass is 9.83. The predicted molar refractivity (Wildman–Crippen MR) is 179 cm³/mol. The van der Waals surface area contributed by atoms with Crippen molar-refractivity contribution in [2.75, 3.05) is 0 Å². The second kappa shape index (κ2) is 18.6. The molecule has 0 unspecified atom stereocenters. The largest absolute Gasteiger partial charge is 0.481 e. The van der Waals surface area contributed by atoms with Gasteiger partial charge in [-0.25, -0.2) is 4.79 Å². The number of aliphatic hydroxyl groups excluding tert-OH is 4. The average Bonchev–Trinajstić information content (AvgIpc) is 3.78. The van der Waals surface area contributed by atoms with E-state index >= 15 is 0 Å². The van der Waals surface area contributed by atoms with Gasteiger partial charge in [0.25, 0.3) is 0 Å². The molecule has 50 heavy (non-hydrogen) atoms. The molecule has 0 aliphatic carbocycles. The average molecular weight is 708 g/mol. The van der Waals surface area contributed by atoms with Crippen LogP contribution in [0, 0.1) is 5.92 Å². The van der Waals surface area contributed by atoms with Crippen LogP contribution in [-0.2, 0) is 33.3 Å². The van der Waals surface area contributed by atoms with Crippen molar-refractivity contribution in [3.05, 3.63) is 60.8 Å². The predicted octanol–water partition coefficient (Wildman–Crippen LogP) is 1.29. The third kappa shape index (κ3) is 11.6. The minimum Gasteiger partial charge on any atom is -0.481 e. The number of carbonyl (C=O) groups is 2. The van der Waals surface area contributed by atoms with Crippen LogP contribution in [0.3, 0.4) is 0 Å². The Hall–Kier alpha value is -2.76. The molecule has 14 atom stereocenters. The van der Waals surface area contributed by atoms with Crippen molar-refractivity contribution in [1.82, 2.24) is 0 Å². The molecule has 0 aromatic carbocycles. The molecule has 4 heterocycles. The van der Waals surface area contributed by atoms with Crippen LogP contribution < -0.4 is 5.73 Å². The van der Waals surface area contributed by atoms with Crippen molar-refractivity contribution in [3.63, 3.8) is 0 Å². The number of carboxylic acid groups (broad SMARTS) is 1. The van der Waals surface area contributed by atoms with Crippen molar-refractivity contribution < 1.29 is 63.9 Å². The van der Waals surface area contributed by atoms with Gasteiger partial charge in [-0.2, -0.15) is 0 Å². The van der Waals surface area contributed by atoms with E-state index in [-0.39, 0.29) is 25.4 Å². The highest BCUT2D eigenvalue weighted by Crippen LogP contribution is 2.39. The molecule has 0 aromatic heterocycles. The maximum atomic E-state index is 12.5. The molecule has 4 aliphatic heterocycles. The SMILES string of the molecule is CCCC[C@@H]1CC=CC=CC=CC=C[C@H](O[C@@H]2O[C@H](C)[C@H](O)[C@H](N)[C@@H]2O)C[C@H]2O[C@@](O)(C[C@H](O)C[C@@H]3O[C@@H]3C=CC(=O)O1)C[C@@H](O)[C@@H]2C(=O)O. The van der Waals surface area contributed by atoms with Crippen molar-refractivity contribution >= 4 is 11.9 Å². The van der Waals surface area contributed by atoms with E-state index < -0.39 is 97.3 Å². The molecule has 0 aromatic rings. The number of hydrogen-bond acceptors (Lipinski definition) is 13. The molecular weight excluding hydrogens is 654 g/mol. The normalized spacial score (nSPS) is 41.9. The number of fused-ring (bicyclic) bond motifs is 3. The molecule has 4 rings (SSSR count). The molecule has 14 nitrogen and oxygen atoms in total. The zero-order chi connectivity index (χ0) is 36.4. The molecule has 3 fully saturated rings. The zero-order valence-corrected chi connectivity index (χ0v) is 28.6. The minimum atomic E-state index is -2.10. The van der Waals surface area contributed by atoms with Gasteiger partial charge >= 0.3 is 11.9 Å². The molecule has 0 radical (unpaired) electrons. The molecule has 3 saturated heterocycles. The van der Waals surface area contributed by atoms with E-state index in [1.54, 1.807) is 43.4 Å². The summed E-state index contributed by atoms with van der Waals surface area (Å²) in [5.74, 6) is -5.41. The van der Waals surface area contributed by atoms with Gasteiger partial charge in [0.2, 0.25) is 0 Å². The minimum absolute atomic E-state index is 0.0816. The van der Waals surface area contributed by atoms with Gasteiger partial charge in [-0.05, 0) is 19.4 Å². The number of aliphatic carboxylic acids is 1. The van der Waals surface area contributed by atoms with Crippen molar-refractivity contribution in [2.24, 2.45) is 11.7 Å². The molecule has 4 aliphatic rings. The number of allylic oxidation sites excluding steroid dienone is 6. The Kier molecular flexibility index (Phi) is 14.9. The summed E-state index contributed by atoms with van der Waals surface area (Å²) < 4.78 is 29.0. The Bertz CT molecular complexity index is 1270. The van der Waals surface area contributed by atoms with E-state index in [2.05, 4.69) is 6.92 Å². The Labute approximate surface area is 292 Å². The number of hydrogen-bond donors (Lipinski definition) is 7. The Morgan fingerprint density at radius 3 is 2.42 bits per heavy atom. The van der Waals surface area contributed by atoms with E-state index in [1.165, 1.54) is 6.08 Å². The van der Waals surface area contributed by atoms with E-state index in [0.29, 0.717) is 6.42 Å². The first-order chi connectivity index (χ1) is 23.8. The molecule has 0 spiro atoms. The summed E-state index contributed by atoms with van der Waals surface area (Å²) >= 11 is 0. The van der Waals surface area contributed by atoms with E-state index in [9.17, 15) is 40.2 Å². The third-order valence-electron chi connectivity index (χ3n) is 9.35. The van der Waals surface area contributed by atoms with Gasteiger partial charge in [-0.1, -0.05) is 68.4 Å². The topological polar surface area (TPSA) is 231 Å². The van der Waals surface area contributed by atoms with Crippen LogP contribution in [0.25, 0.3) is 0 Å². The summed E-state index contributed by atoms with van der Waals surface area (Å²) in [6, 6.07) is -1.08. The van der Waals surface area contributed by atoms with Crippen molar-refractivity contribution in [2.45, 2.75) is 144 Å². The van der Waals surface area contributed by atoms with Gasteiger partial charge in [0.1, 0.15) is 24.2 Å². The van der Waals surface area contributed by atoms with Crippen LogP contribution >= 0.6 is 0 Å².